The number of aliphatic carboxylic acids is 1. The summed E-state index contributed by atoms with van der Waals surface area (Å²) in [6.45, 7) is 1.69. The molecule has 1 heterocycles. The molecular formula is C13H16N2O4. The summed E-state index contributed by atoms with van der Waals surface area (Å²) in [6, 6.07) is 3.19. The molecule has 102 valence electrons. The fourth-order valence-electron chi connectivity index (χ4n) is 2.12. The number of esters is 1. The molecule has 0 saturated heterocycles. The summed E-state index contributed by atoms with van der Waals surface area (Å²) in [5.74, 6) is -0.851. The van der Waals surface area contributed by atoms with Crippen LogP contribution < -0.4 is 5.32 Å². The minimum Gasteiger partial charge on any atom is -0.480 e. The van der Waals surface area contributed by atoms with Gasteiger partial charge in [0, 0.05) is 0 Å². The van der Waals surface area contributed by atoms with Crippen molar-refractivity contribution in [3.63, 3.8) is 0 Å². The molecule has 0 radical (unpaired) electrons. The number of nitrogens with zero attached hydrogens (tertiary/aromatic N) is 1. The van der Waals surface area contributed by atoms with Crippen LogP contribution in [0.15, 0.2) is 12.1 Å². The Hall–Kier alpha value is -2.11. The summed E-state index contributed by atoms with van der Waals surface area (Å²) in [5.41, 5.74) is -0.0191. The number of carboxylic acid groups (broad SMARTS) is 1. The molecule has 1 aliphatic rings. The molecule has 0 aromatic carbocycles. The van der Waals surface area contributed by atoms with Crippen molar-refractivity contribution in [1.29, 1.82) is 0 Å². The molecule has 1 aliphatic carbocycles. The van der Waals surface area contributed by atoms with Gasteiger partial charge >= 0.3 is 11.9 Å². The van der Waals surface area contributed by atoms with Crippen molar-refractivity contribution >= 4 is 17.8 Å². The molecule has 6 heteroatoms. The summed E-state index contributed by atoms with van der Waals surface area (Å²) in [6.07, 6.45) is 2.06. The molecular weight excluding hydrogens is 248 g/mol. The standard InChI is InChI=1S/C13H16N2O4/c1-8-9(11(16)19-2)4-5-10(14-8)15-13(12(17)18)6-3-7-13/h4-5H,3,6-7H2,1-2H3,(H,14,15)(H,17,18). The molecule has 0 atom stereocenters. The van der Waals surface area contributed by atoms with E-state index in [2.05, 4.69) is 15.0 Å². The van der Waals surface area contributed by atoms with Crippen molar-refractivity contribution in [1.82, 2.24) is 4.98 Å². The lowest BCUT2D eigenvalue weighted by molar-refractivity contribution is -0.145. The lowest BCUT2D eigenvalue weighted by Gasteiger charge is -2.38. The van der Waals surface area contributed by atoms with Gasteiger partial charge in [-0.15, -0.1) is 0 Å². The van der Waals surface area contributed by atoms with E-state index in [1.165, 1.54) is 7.11 Å². The average molecular weight is 264 g/mol. The fraction of sp³-hybridized carbons (Fsp3) is 0.462. The average Bonchev–Trinajstić information content (AvgIpc) is 2.32. The number of aromatic nitrogens is 1. The van der Waals surface area contributed by atoms with E-state index in [1.54, 1.807) is 19.1 Å². The van der Waals surface area contributed by atoms with Gasteiger partial charge in [-0.2, -0.15) is 0 Å². The molecule has 1 aromatic rings. The Labute approximate surface area is 110 Å². The number of pyridine rings is 1. The van der Waals surface area contributed by atoms with Gasteiger partial charge in [0.1, 0.15) is 11.4 Å². The summed E-state index contributed by atoms with van der Waals surface area (Å²) < 4.78 is 4.63. The predicted molar refractivity (Wildman–Crippen MR) is 68.2 cm³/mol. The zero-order valence-electron chi connectivity index (χ0n) is 10.9. The van der Waals surface area contributed by atoms with Crippen molar-refractivity contribution in [3.05, 3.63) is 23.4 Å². The number of nitrogens with one attached hydrogen (secondary N) is 1. The highest BCUT2D eigenvalue weighted by atomic mass is 16.5. The molecule has 1 aromatic heterocycles. The van der Waals surface area contributed by atoms with Gasteiger partial charge in [-0.3, -0.25) is 0 Å². The van der Waals surface area contributed by atoms with E-state index in [9.17, 15) is 14.7 Å². The second kappa shape index (κ2) is 4.87. The van der Waals surface area contributed by atoms with E-state index in [0.29, 0.717) is 29.9 Å². The molecule has 6 nitrogen and oxygen atoms in total. The number of hydrogen-bond donors (Lipinski definition) is 2. The molecule has 2 N–H and O–H groups in total. The van der Waals surface area contributed by atoms with Gasteiger partial charge < -0.3 is 15.2 Å². The highest BCUT2D eigenvalue weighted by molar-refractivity contribution is 5.91. The monoisotopic (exact) mass is 264 g/mol. The van der Waals surface area contributed by atoms with Gasteiger partial charge in [-0.1, -0.05) is 0 Å². The Morgan fingerprint density at radius 2 is 2.11 bits per heavy atom. The first-order valence-electron chi connectivity index (χ1n) is 6.06. The lowest BCUT2D eigenvalue weighted by Crippen LogP contribution is -2.52. The van der Waals surface area contributed by atoms with Crippen LogP contribution in [0.3, 0.4) is 0 Å². The van der Waals surface area contributed by atoms with Crippen LogP contribution in [-0.4, -0.2) is 34.7 Å². The van der Waals surface area contributed by atoms with Crippen LogP contribution in [0.25, 0.3) is 0 Å². The maximum absolute atomic E-state index is 11.4. The van der Waals surface area contributed by atoms with E-state index in [-0.39, 0.29) is 0 Å². The zero-order chi connectivity index (χ0) is 14.0. The number of carboxylic acids is 1. The first-order valence-corrected chi connectivity index (χ1v) is 6.06. The van der Waals surface area contributed by atoms with Crippen LogP contribution >= 0.6 is 0 Å². The highest BCUT2D eigenvalue weighted by Crippen LogP contribution is 2.35. The topological polar surface area (TPSA) is 88.5 Å². The second-order valence-corrected chi connectivity index (χ2v) is 4.69. The number of ether oxygens (including phenoxy) is 1. The summed E-state index contributed by atoms with van der Waals surface area (Å²) >= 11 is 0. The number of carbonyl (C=O) groups is 2. The number of hydrogen-bond acceptors (Lipinski definition) is 5. The summed E-state index contributed by atoms with van der Waals surface area (Å²) in [4.78, 5) is 26.9. The Balaban J connectivity index is 2.21. The predicted octanol–water partition coefficient (Wildman–Crippen LogP) is 1.60. The number of methoxy groups -OCH3 is 1. The minimum absolute atomic E-state index is 0.381. The quantitative estimate of drug-likeness (QED) is 0.803. The summed E-state index contributed by atoms with van der Waals surface area (Å²) in [7, 11) is 1.31. The minimum atomic E-state index is -0.910. The molecule has 1 saturated carbocycles. The third-order valence-electron chi connectivity index (χ3n) is 3.47. The van der Waals surface area contributed by atoms with Crippen molar-refractivity contribution in [3.8, 4) is 0 Å². The van der Waals surface area contributed by atoms with E-state index in [0.717, 1.165) is 6.42 Å². The summed E-state index contributed by atoms with van der Waals surface area (Å²) in [5, 5.41) is 12.2. The van der Waals surface area contributed by atoms with Crippen molar-refractivity contribution < 1.29 is 19.4 Å². The largest absolute Gasteiger partial charge is 0.480 e. The van der Waals surface area contributed by atoms with Gasteiger partial charge in [0.15, 0.2) is 0 Å². The Morgan fingerprint density at radius 3 is 2.53 bits per heavy atom. The Morgan fingerprint density at radius 1 is 1.42 bits per heavy atom. The first kappa shape index (κ1) is 13.3. The normalized spacial score (nSPS) is 16.3. The maximum atomic E-state index is 11.4. The van der Waals surface area contributed by atoms with Crippen LogP contribution in [0, 0.1) is 6.92 Å². The van der Waals surface area contributed by atoms with E-state index in [4.69, 9.17) is 0 Å². The van der Waals surface area contributed by atoms with Gasteiger partial charge in [-0.25, -0.2) is 14.6 Å². The van der Waals surface area contributed by atoms with Crippen molar-refractivity contribution in [2.75, 3.05) is 12.4 Å². The van der Waals surface area contributed by atoms with Crippen LogP contribution in [0.5, 0.6) is 0 Å². The molecule has 0 unspecified atom stereocenters. The Bertz CT molecular complexity index is 523. The number of anilines is 1. The lowest BCUT2D eigenvalue weighted by atomic mass is 9.77. The highest BCUT2D eigenvalue weighted by Gasteiger charge is 2.44. The maximum Gasteiger partial charge on any atom is 0.339 e. The second-order valence-electron chi connectivity index (χ2n) is 4.69. The third-order valence-corrected chi connectivity index (χ3v) is 3.47. The smallest absolute Gasteiger partial charge is 0.339 e. The molecule has 2 rings (SSSR count). The van der Waals surface area contributed by atoms with Crippen LogP contribution in [-0.2, 0) is 9.53 Å². The first-order chi connectivity index (χ1) is 8.98. The molecule has 1 fully saturated rings. The van der Waals surface area contributed by atoms with Crippen LogP contribution in [0.1, 0.15) is 35.3 Å². The van der Waals surface area contributed by atoms with Crippen molar-refractivity contribution in [2.45, 2.75) is 31.7 Å². The zero-order valence-corrected chi connectivity index (χ0v) is 10.9. The van der Waals surface area contributed by atoms with Gasteiger partial charge in [0.05, 0.1) is 18.4 Å². The van der Waals surface area contributed by atoms with Gasteiger partial charge in [-0.05, 0) is 38.3 Å². The molecule has 0 aliphatic heterocycles. The number of rotatable bonds is 4. The molecule has 0 amide bonds. The molecule has 19 heavy (non-hydrogen) atoms. The van der Waals surface area contributed by atoms with E-state index in [1.807, 2.05) is 0 Å². The number of carbonyl (C=O) groups excluding carboxylic acids is 1. The van der Waals surface area contributed by atoms with Crippen LogP contribution in [0.2, 0.25) is 0 Å². The fourth-order valence-corrected chi connectivity index (χ4v) is 2.12. The van der Waals surface area contributed by atoms with E-state index < -0.39 is 17.5 Å². The van der Waals surface area contributed by atoms with Crippen molar-refractivity contribution in [2.24, 2.45) is 0 Å². The van der Waals surface area contributed by atoms with Gasteiger partial charge in [0.25, 0.3) is 0 Å². The number of aryl methyl sites for hydroxylation is 1. The van der Waals surface area contributed by atoms with E-state index >= 15 is 0 Å². The SMILES string of the molecule is COC(=O)c1ccc(NC2(C(=O)O)CCC2)nc1C. The molecule has 0 bridgehead atoms. The molecule has 0 spiro atoms. The van der Waals surface area contributed by atoms with Gasteiger partial charge in [0.2, 0.25) is 0 Å². The van der Waals surface area contributed by atoms with Crippen LogP contribution in [0.4, 0.5) is 5.82 Å². The third kappa shape index (κ3) is 2.38. The Kier molecular flexibility index (Phi) is 3.42.